The third kappa shape index (κ3) is 3.61. The number of carbonyl (C=O) groups is 1. The summed E-state index contributed by atoms with van der Waals surface area (Å²) in [6, 6.07) is 7.96. The summed E-state index contributed by atoms with van der Waals surface area (Å²) in [7, 11) is 1.75. The molecule has 0 bridgehead atoms. The molecule has 2 heterocycles. The van der Waals surface area contributed by atoms with Crippen molar-refractivity contribution >= 4 is 17.7 Å². The number of hydrogen-bond acceptors (Lipinski definition) is 5. The van der Waals surface area contributed by atoms with Crippen LogP contribution >= 0.6 is 11.8 Å². The van der Waals surface area contributed by atoms with Crippen molar-refractivity contribution in [1.82, 2.24) is 9.88 Å². The Kier molecular flexibility index (Phi) is 4.73. The van der Waals surface area contributed by atoms with Gasteiger partial charge in [-0.1, -0.05) is 6.92 Å². The molecule has 140 valence electrons. The Morgan fingerprint density at radius 2 is 2.19 bits per heavy atom. The lowest BCUT2D eigenvalue weighted by Crippen LogP contribution is -2.27. The summed E-state index contributed by atoms with van der Waals surface area (Å²) in [6.45, 7) is 2.61. The minimum absolute atomic E-state index is 0.163. The normalized spacial score (nSPS) is 21.0. The van der Waals surface area contributed by atoms with E-state index in [4.69, 9.17) is 4.42 Å². The van der Waals surface area contributed by atoms with Crippen LogP contribution in [0, 0.1) is 17.2 Å². The van der Waals surface area contributed by atoms with E-state index in [1.807, 2.05) is 24.5 Å². The molecule has 0 radical (unpaired) electrons. The van der Waals surface area contributed by atoms with Crippen LogP contribution in [0.3, 0.4) is 0 Å². The number of pyridine rings is 1. The zero-order valence-electron chi connectivity index (χ0n) is 15.9. The third-order valence-electron chi connectivity index (χ3n) is 5.43. The molecule has 0 unspecified atom stereocenters. The van der Waals surface area contributed by atoms with Gasteiger partial charge in [-0.05, 0) is 49.6 Å². The van der Waals surface area contributed by atoms with Crippen LogP contribution in [0.1, 0.15) is 71.2 Å². The average Bonchev–Trinajstić information content (AvgIpc) is 3.59. The average molecular weight is 382 g/mol. The fourth-order valence-corrected chi connectivity index (χ4v) is 4.02. The van der Waals surface area contributed by atoms with Crippen LogP contribution in [0.2, 0.25) is 0 Å². The maximum absolute atomic E-state index is 13.1. The summed E-state index contributed by atoms with van der Waals surface area (Å²) in [6.07, 6.45) is 5.27. The maximum Gasteiger partial charge on any atom is 0.255 e. The molecule has 4 rings (SSSR count). The molecule has 2 aliphatic carbocycles. The molecule has 6 heteroatoms. The zero-order valence-corrected chi connectivity index (χ0v) is 16.7. The molecule has 0 N–H and O–H groups in total. The SMILES string of the molecule is CSc1nc(C2CC2)cc(C(=O)N(C)Cc2ccc([C@@H]3C[C@H]3C)o2)c1C#N. The molecule has 27 heavy (non-hydrogen) atoms. The van der Waals surface area contributed by atoms with Crippen LogP contribution < -0.4 is 0 Å². The number of thioether (sulfide) groups is 1. The molecule has 2 aliphatic rings. The van der Waals surface area contributed by atoms with Gasteiger partial charge in [-0.15, -0.1) is 11.8 Å². The summed E-state index contributed by atoms with van der Waals surface area (Å²) < 4.78 is 5.93. The van der Waals surface area contributed by atoms with Crippen molar-refractivity contribution in [3.05, 3.63) is 46.5 Å². The lowest BCUT2D eigenvalue weighted by molar-refractivity contribution is 0.0774. The highest BCUT2D eigenvalue weighted by Gasteiger charge is 2.36. The fourth-order valence-electron chi connectivity index (χ4n) is 3.46. The number of rotatable bonds is 6. The van der Waals surface area contributed by atoms with E-state index in [1.54, 1.807) is 11.9 Å². The van der Waals surface area contributed by atoms with Crippen molar-refractivity contribution in [3.63, 3.8) is 0 Å². The first-order chi connectivity index (χ1) is 13.0. The Balaban J connectivity index is 1.56. The Morgan fingerprint density at radius 3 is 2.78 bits per heavy atom. The maximum atomic E-state index is 13.1. The second-order valence-corrected chi connectivity index (χ2v) is 8.44. The van der Waals surface area contributed by atoms with Crippen LogP contribution in [0.4, 0.5) is 0 Å². The van der Waals surface area contributed by atoms with Crippen LogP contribution in [-0.2, 0) is 6.54 Å². The molecule has 2 aromatic rings. The highest BCUT2D eigenvalue weighted by atomic mass is 32.2. The van der Waals surface area contributed by atoms with Gasteiger partial charge in [-0.2, -0.15) is 5.26 Å². The second kappa shape index (κ2) is 7.05. The summed E-state index contributed by atoms with van der Waals surface area (Å²) in [4.78, 5) is 19.3. The number of amides is 1. The number of carbonyl (C=O) groups excluding carboxylic acids is 1. The van der Waals surface area contributed by atoms with E-state index in [0.717, 1.165) is 30.1 Å². The highest BCUT2D eigenvalue weighted by molar-refractivity contribution is 7.98. The molecule has 0 spiro atoms. The van der Waals surface area contributed by atoms with Gasteiger partial charge in [0.05, 0.1) is 17.7 Å². The van der Waals surface area contributed by atoms with Crippen LogP contribution in [0.5, 0.6) is 0 Å². The number of nitrogens with zero attached hydrogens (tertiary/aromatic N) is 3. The smallest absolute Gasteiger partial charge is 0.255 e. The van der Waals surface area contributed by atoms with E-state index >= 15 is 0 Å². The Morgan fingerprint density at radius 1 is 1.44 bits per heavy atom. The van der Waals surface area contributed by atoms with Crippen molar-refractivity contribution in [2.24, 2.45) is 5.92 Å². The molecule has 2 saturated carbocycles. The van der Waals surface area contributed by atoms with Gasteiger partial charge in [0.15, 0.2) is 0 Å². The number of hydrogen-bond donors (Lipinski definition) is 0. The summed E-state index contributed by atoms with van der Waals surface area (Å²) in [5.74, 6) is 3.26. The molecule has 0 aliphatic heterocycles. The van der Waals surface area contributed by atoms with Crippen LogP contribution in [-0.4, -0.2) is 29.1 Å². The minimum atomic E-state index is -0.163. The van der Waals surface area contributed by atoms with Crippen molar-refractivity contribution in [1.29, 1.82) is 5.26 Å². The second-order valence-electron chi connectivity index (χ2n) is 7.65. The van der Waals surface area contributed by atoms with E-state index in [9.17, 15) is 10.1 Å². The first kappa shape index (κ1) is 18.1. The number of aromatic nitrogens is 1. The quantitative estimate of drug-likeness (QED) is 0.687. The topological polar surface area (TPSA) is 70.1 Å². The summed E-state index contributed by atoms with van der Waals surface area (Å²) in [5, 5.41) is 10.2. The predicted octanol–water partition coefficient (Wildman–Crippen LogP) is 4.54. The van der Waals surface area contributed by atoms with Gasteiger partial charge in [0, 0.05) is 24.6 Å². The van der Waals surface area contributed by atoms with Crippen LogP contribution in [0.25, 0.3) is 0 Å². The molecule has 0 saturated heterocycles. The van der Waals surface area contributed by atoms with E-state index in [1.165, 1.54) is 18.2 Å². The van der Waals surface area contributed by atoms with Gasteiger partial charge in [0.1, 0.15) is 22.6 Å². The first-order valence-electron chi connectivity index (χ1n) is 9.35. The van der Waals surface area contributed by atoms with Gasteiger partial charge < -0.3 is 9.32 Å². The Hall–Kier alpha value is -2.26. The third-order valence-corrected chi connectivity index (χ3v) is 6.12. The van der Waals surface area contributed by atoms with Gasteiger partial charge in [-0.25, -0.2) is 4.98 Å². The lowest BCUT2D eigenvalue weighted by atomic mass is 10.1. The number of furan rings is 1. The molecule has 1 amide bonds. The highest BCUT2D eigenvalue weighted by Crippen LogP contribution is 2.47. The molecular formula is C21H23N3O2S. The van der Waals surface area contributed by atoms with Gasteiger partial charge in [-0.3, -0.25) is 4.79 Å². The molecule has 0 aromatic carbocycles. The van der Waals surface area contributed by atoms with E-state index in [-0.39, 0.29) is 5.91 Å². The molecule has 2 fully saturated rings. The molecular weight excluding hydrogens is 358 g/mol. The lowest BCUT2D eigenvalue weighted by Gasteiger charge is -2.18. The van der Waals surface area contributed by atoms with E-state index in [0.29, 0.717) is 40.5 Å². The van der Waals surface area contributed by atoms with Gasteiger partial charge in [0.2, 0.25) is 0 Å². The Labute approximate surface area is 163 Å². The minimum Gasteiger partial charge on any atom is -0.464 e. The molecule has 2 aromatic heterocycles. The largest absolute Gasteiger partial charge is 0.464 e. The van der Waals surface area contributed by atoms with Crippen LogP contribution in [0.15, 0.2) is 27.6 Å². The Bertz CT molecular complexity index is 926. The monoisotopic (exact) mass is 381 g/mol. The standard InChI is InChI=1S/C21H23N3O2S/c1-12-8-15(12)19-7-6-14(26-19)11-24(2)21(25)16-9-18(13-4-5-13)23-20(27-3)17(16)10-22/h6-7,9,12-13,15H,4-5,8,11H2,1-3H3/t12-,15-/m1/s1. The number of nitriles is 1. The zero-order chi connectivity index (χ0) is 19.1. The summed E-state index contributed by atoms with van der Waals surface area (Å²) in [5.41, 5.74) is 1.75. The van der Waals surface area contributed by atoms with Crippen molar-refractivity contribution in [2.75, 3.05) is 13.3 Å². The first-order valence-corrected chi connectivity index (χ1v) is 10.6. The predicted molar refractivity (Wildman–Crippen MR) is 104 cm³/mol. The fraction of sp³-hybridized carbons (Fsp3) is 0.476. The van der Waals surface area contributed by atoms with E-state index < -0.39 is 0 Å². The van der Waals surface area contributed by atoms with Crippen molar-refractivity contribution in [2.45, 2.75) is 49.6 Å². The molecule has 5 nitrogen and oxygen atoms in total. The van der Waals surface area contributed by atoms with Gasteiger partial charge in [0.25, 0.3) is 5.91 Å². The summed E-state index contributed by atoms with van der Waals surface area (Å²) >= 11 is 1.42. The van der Waals surface area contributed by atoms with Gasteiger partial charge >= 0.3 is 0 Å². The molecule has 2 atom stereocenters. The van der Waals surface area contributed by atoms with Crippen molar-refractivity contribution in [3.8, 4) is 6.07 Å². The van der Waals surface area contributed by atoms with Crippen molar-refractivity contribution < 1.29 is 9.21 Å². The van der Waals surface area contributed by atoms with E-state index in [2.05, 4.69) is 18.0 Å².